The van der Waals surface area contributed by atoms with Gasteiger partial charge in [-0.25, -0.2) is 9.97 Å². The van der Waals surface area contributed by atoms with E-state index in [1.165, 1.54) is 24.5 Å². The van der Waals surface area contributed by atoms with Crippen LogP contribution in [0.15, 0.2) is 60.9 Å². The second-order valence-electron chi connectivity index (χ2n) is 5.77. The van der Waals surface area contributed by atoms with Gasteiger partial charge in [0, 0.05) is 23.8 Å². The predicted molar refractivity (Wildman–Crippen MR) is 95.9 cm³/mol. The Morgan fingerprint density at radius 3 is 2.37 bits per heavy atom. The number of para-hydroxylation sites is 1. The molecule has 0 saturated carbocycles. The molecule has 138 valence electrons. The van der Waals surface area contributed by atoms with Crippen molar-refractivity contribution in [1.82, 2.24) is 9.97 Å². The summed E-state index contributed by atoms with van der Waals surface area (Å²) in [6.45, 7) is 1.87. The third kappa shape index (κ3) is 4.60. The summed E-state index contributed by atoms with van der Waals surface area (Å²) in [4.78, 5) is 20.2. The first kappa shape index (κ1) is 18.4. The van der Waals surface area contributed by atoms with Crippen molar-refractivity contribution in [3.63, 3.8) is 0 Å². The van der Waals surface area contributed by atoms with E-state index in [0.29, 0.717) is 5.69 Å². The summed E-state index contributed by atoms with van der Waals surface area (Å²) in [7, 11) is 0. The van der Waals surface area contributed by atoms with Crippen LogP contribution in [0.3, 0.4) is 0 Å². The van der Waals surface area contributed by atoms with E-state index in [4.69, 9.17) is 0 Å². The van der Waals surface area contributed by atoms with Crippen LogP contribution in [0.25, 0.3) is 0 Å². The zero-order valence-corrected chi connectivity index (χ0v) is 14.2. The number of carbonyl (C=O) groups excluding carboxylic acids is 1. The number of nitrogens with one attached hydrogen (secondary N) is 2. The third-order valence-electron chi connectivity index (χ3n) is 3.75. The standard InChI is InChI=1S/C19H15F3N4O/c1-12-5-2-3-8-16(12)26-17(27)13-10-23-18(24-11-13)25-15-7-4-6-14(9-15)19(20,21)22/h2-11H,1H3,(H,26,27)(H,23,24,25). The van der Waals surface area contributed by atoms with Gasteiger partial charge in [-0.2, -0.15) is 13.2 Å². The molecule has 2 N–H and O–H groups in total. The summed E-state index contributed by atoms with van der Waals surface area (Å²) in [5, 5.41) is 5.44. The molecule has 0 aliphatic heterocycles. The molecule has 0 fully saturated rings. The highest BCUT2D eigenvalue weighted by molar-refractivity contribution is 6.04. The molecule has 5 nitrogen and oxygen atoms in total. The monoisotopic (exact) mass is 372 g/mol. The molecule has 3 aromatic rings. The molecule has 0 spiro atoms. The second-order valence-corrected chi connectivity index (χ2v) is 5.77. The Balaban J connectivity index is 1.70. The minimum absolute atomic E-state index is 0.0850. The van der Waals surface area contributed by atoms with Gasteiger partial charge in [-0.05, 0) is 36.8 Å². The van der Waals surface area contributed by atoms with Gasteiger partial charge in [0.2, 0.25) is 5.95 Å². The van der Waals surface area contributed by atoms with E-state index >= 15 is 0 Å². The van der Waals surface area contributed by atoms with Crippen molar-refractivity contribution in [3.05, 3.63) is 77.6 Å². The first-order chi connectivity index (χ1) is 12.8. The van der Waals surface area contributed by atoms with E-state index < -0.39 is 11.7 Å². The van der Waals surface area contributed by atoms with Crippen LogP contribution in [0.2, 0.25) is 0 Å². The SMILES string of the molecule is Cc1ccccc1NC(=O)c1cnc(Nc2cccc(C(F)(F)F)c2)nc1. The van der Waals surface area contributed by atoms with Crippen molar-refractivity contribution in [2.75, 3.05) is 10.6 Å². The molecule has 2 aromatic carbocycles. The Kier molecular flexibility index (Phi) is 5.07. The van der Waals surface area contributed by atoms with Crippen molar-refractivity contribution >= 4 is 23.2 Å². The lowest BCUT2D eigenvalue weighted by atomic mass is 10.2. The highest BCUT2D eigenvalue weighted by atomic mass is 19.4. The van der Waals surface area contributed by atoms with Gasteiger partial charge in [-0.1, -0.05) is 24.3 Å². The highest BCUT2D eigenvalue weighted by Gasteiger charge is 2.30. The Labute approximate surface area is 153 Å². The predicted octanol–water partition coefficient (Wildman–Crippen LogP) is 4.80. The minimum Gasteiger partial charge on any atom is -0.324 e. The number of anilines is 3. The molecule has 0 saturated heterocycles. The smallest absolute Gasteiger partial charge is 0.324 e. The zero-order valence-electron chi connectivity index (χ0n) is 14.2. The minimum atomic E-state index is -4.43. The van der Waals surface area contributed by atoms with Gasteiger partial charge in [0.05, 0.1) is 11.1 Å². The van der Waals surface area contributed by atoms with E-state index in [1.54, 1.807) is 12.1 Å². The highest BCUT2D eigenvalue weighted by Crippen LogP contribution is 2.31. The fourth-order valence-corrected chi connectivity index (χ4v) is 2.32. The maximum Gasteiger partial charge on any atom is 0.416 e. The number of aromatic nitrogens is 2. The van der Waals surface area contributed by atoms with E-state index in [1.807, 2.05) is 19.1 Å². The van der Waals surface area contributed by atoms with E-state index in [2.05, 4.69) is 20.6 Å². The lowest BCUT2D eigenvalue weighted by Crippen LogP contribution is -2.13. The number of hydrogen-bond donors (Lipinski definition) is 2. The van der Waals surface area contributed by atoms with Gasteiger partial charge in [-0.3, -0.25) is 4.79 Å². The number of aryl methyl sites for hydroxylation is 1. The van der Waals surface area contributed by atoms with Crippen LogP contribution in [0.4, 0.5) is 30.5 Å². The maximum absolute atomic E-state index is 12.8. The molecule has 0 atom stereocenters. The van der Waals surface area contributed by atoms with Crippen LogP contribution in [0.1, 0.15) is 21.5 Å². The summed E-state index contributed by atoms with van der Waals surface area (Å²) < 4.78 is 38.3. The van der Waals surface area contributed by atoms with Gasteiger partial charge in [-0.15, -0.1) is 0 Å². The maximum atomic E-state index is 12.8. The lowest BCUT2D eigenvalue weighted by Gasteiger charge is -2.10. The van der Waals surface area contributed by atoms with Crippen LogP contribution in [-0.4, -0.2) is 15.9 Å². The molecule has 8 heteroatoms. The second kappa shape index (κ2) is 7.45. The number of carbonyl (C=O) groups is 1. The molecule has 0 bridgehead atoms. The van der Waals surface area contributed by atoms with E-state index in [9.17, 15) is 18.0 Å². The van der Waals surface area contributed by atoms with Crippen LogP contribution in [0, 0.1) is 6.92 Å². The van der Waals surface area contributed by atoms with Crippen molar-refractivity contribution < 1.29 is 18.0 Å². The number of alkyl halides is 3. The van der Waals surface area contributed by atoms with Crippen LogP contribution < -0.4 is 10.6 Å². The first-order valence-corrected chi connectivity index (χ1v) is 7.96. The Morgan fingerprint density at radius 1 is 1.00 bits per heavy atom. The molecule has 27 heavy (non-hydrogen) atoms. The van der Waals surface area contributed by atoms with Crippen molar-refractivity contribution in [1.29, 1.82) is 0 Å². The largest absolute Gasteiger partial charge is 0.416 e. The van der Waals surface area contributed by atoms with E-state index in [0.717, 1.165) is 17.7 Å². The fourth-order valence-electron chi connectivity index (χ4n) is 2.32. The van der Waals surface area contributed by atoms with Gasteiger partial charge >= 0.3 is 6.18 Å². The van der Waals surface area contributed by atoms with Crippen molar-refractivity contribution in [2.24, 2.45) is 0 Å². The average molecular weight is 372 g/mol. The number of rotatable bonds is 4. The summed E-state index contributed by atoms with van der Waals surface area (Å²) in [5.74, 6) is -0.295. The van der Waals surface area contributed by atoms with Crippen LogP contribution in [-0.2, 0) is 6.18 Å². The van der Waals surface area contributed by atoms with Gasteiger partial charge < -0.3 is 10.6 Å². The molecule has 3 rings (SSSR count). The van der Waals surface area contributed by atoms with Crippen LogP contribution >= 0.6 is 0 Å². The Hall–Kier alpha value is -3.42. The van der Waals surface area contributed by atoms with E-state index in [-0.39, 0.29) is 23.1 Å². The molecular formula is C19H15F3N4O. The molecular weight excluding hydrogens is 357 g/mol. The number of benzene rings is 2. The summed E-state index contributed by atoms with van der Waals surface area (Å²) in [6, 6.07) is 12.0. The van der Waals surface area contributed by atoms with Gasteiger partial charge in [0.15, 0.2) is 0 Å². The van der Waals surface area contributed by atoms with Gasteiger partial charge in [0.25, 0.3) is 5.91 Å². The van der Waals surface area contributed by atoms with Crippen LogP contribution in [0.5, 0.6) is 0 Å². The number of halogens is 3. The lowest BCUT2D eigenvalue weighted by molar-refractivity contribution is -0.137. The summed E-state index contributed by atoms with van der Waals surface area (Å²) in [6.07, 6.45) is -1.83. The molecule has 1 aromatic heterocycles. The number of hydrogen-bond acceptors (Lipinski definition) is 4. The number of amides is 1. The summed E-state index contributed by atoms with van der Waals surface area (Å²) >= 11 is 0. The number of nitrogens with zero attached hydrogens (tertiary/aromatic N) is 2. The molecule has 0 aliphatic rings. The Bertz CT molecular complexity index is 956. The Morgan fingerprint density at radius 2 is 1.70 bits per heavy atom. The molecule has 1 heterocycles. The first-order valence-electron chi connectivity index (χ1n) is 7.96. The fraction of sp³-hybridized carbons (Fsp3) is 0.105. The van der Waals surface area contributed by atoms with Crippen molar-refractivity contribution in [2.45, 2.75) is 13.1 Å². The molecule has 0 unspecified atom stereocenters. The molecule has 0 aliphatic carbocycles. The normalized spacial score (nSPS) is 11.1. The third-order valence-corrected chi connectivity index (χ3v) is 3.75. The molecule has 0 radical (unpaired) electrons. The molecule has 1 amide bonds. The van der Waals surface area contributed by atoms with Gasteiger partial charge in [0.1, 0.15) is 0 Å². The zero-order chi connectivity index (χ0) is 19.4. The average Bonchev–Trinajstić information content (AvgIpc) is 2.64. The quantitative estimate of drug-likeness (QED) is 0.690. The summed E-state index contributed by atoms with van der Waals surface area (Å²) in [5.41, 5.74) is 1.24. The van der Waals surface area contributed by atoms with Crippen molar-refractivity contribution in [3.8, 4) is 0 Å². The topological polar surface area (TPSA) is 66.9 Å².